The van der Waals surface area contributed by atoms with Gasteiger partial charge in [0.05, 0.1) is 5.92 Å². The number of anilines is 1. The Bertz CT molecular complexity index is 652. The van der Waals surface area contributed by atoms with E-state index in [9.17, 15) is 14.4 Å². The second-order valence-corrected chi connectivity index (χ2v) is 6.93. The van der Waals surface area contributed by atoms with Gasteiger partial charge in [0.25, 0.3) is 0 Å². The Morgan fingerprint density at radius 1 is 1.08 bits per heavy atom. The van der Waals surface area contributed by atoms with E-state index < -0.39 is 5.92 Å². The van der Waals surface area contributed by atoms with Crippen LogP contribution in [0.1, 0.15) is 44.6 Å². The van der Waals surface area contributed by atoms with Crippen molar-refractivity contribution in [3.05, 3.63) is 29.8 Å². The third-order valence-corrected chi connectivity index (χ3v) is 4.82. The normalized spacial score (nSPS) is 19.8. The maximum atomic E-state index is 12.3. The maximum Gasteiger partial charge on any atom is 0.243 e. The molecule has 1 atom stereocenters. The fraction of sp³-hybridized carbons (Fsp3) is 0.526. The van der Waals surface area contributed by atoms with Gasteiger partial charge < -0.3 is 4.90 Å². The summed E-state index contributed by atoms with van der Waals surface area (Å²) in [4.78, 5) is 37.7. The van der Waals surface area contributed by atoms with E-state index in [0.717, 1.165) is 37.8 Å². The predicted octanol–water partition coefficient (Wildman–Crippen LogP) is 1.94. The van der Waals surface area contributed by atoms with Gasteiger partial charge in [-0.25, -0.2) is 0 Å². The van der Waals surface area contributed by atoms with Gasteiger partial charge in [-0.15, -0.1) is 0 Å². The van der Waals surface area contributed by atoms with E-state index in [-0.39, 0.29) is 30.1 Å². The van der Waals surface area contributed by atoms with Crippen LogP contribution in [-0.4, -0.2) is 24.3 Å². The van der Waals surface area contributed by atoms with Crippen molar-refractivity contribution in [2.75, 3.05) is 11.4 Å². The Morgan fingerprint density at radius 3 is 2.32 bits per heavy atom. The van der Waals surface area contributed by atoms with Gasteiger partial charge in [-0.2, -0.15) is 0 Å². The van der Waals surface area contributed by atoms with Gasteiger partial charge in [0, 0.05) is 24.6 Å². The number of nitrogens with one attached hydrogen (secondary N) is 2. The second kappa shape index (κ2) is 7.68. The fourth-order valence-corrected chi connectivity index (χ4v) is 3.03. The average molecular weight is 343 g/mol. The first-order chi connectivity index (χ1) is 12.1. The monoisotopic (exact) mass is 343 g/mol. The molecule has 1 saturated carbocycles. The summed E-state index contributed by atoms with van der Waals surface area (Å²) in [5.74, 6) is -0.906. The number of nitrogens with zero attached hydrogens (tertiary/aromatic N) is 1. The Morgan fingerprint density at radius 2 is 1.72 bits per heavy atom. The van der Waals surface area contributed by atoms with Crippen LogP contribution < -0.4 is 15.8 Å². The van der Waals surface area contributed by atoms with Crippen molar-refractivity contribution in [3.8, 4) is 0 Å². The lowest BCUT2D eigenvalue weighted by molar-refractivity contribution is -0.131. The summed E-state index contributed by atoms with van der Waals surface area (Å²) in [6, 6.07) is 7.97. The van der Waals surface area contributed by atoms with Crippen LogP contribution in [-0.2, 0) is 20.8 Å². The largest absolute Gasteiger partial charge is 0.312 e. The fourth-order valence-electron chi connectivity index (χ4n) is 3.03. The third-order valence-electron chi connectivity index (χ3n) is 4.82. The van der Waals surface area contributed by atoms with Gasteiger partial charge in [0.15, 0.2) is 0 Å². The average Bonchev–Trinajstić information content (AvgIpc) is 3.40. The lowest BCUT2D eigenvalue weighted by Gasteiger charge is -2.17. The Labute approximate surface area is 147 Å². The van der Waals surface area contributed by atoms with Crippen molar-refractivity contribution in [2.24, 2.45) is 11.8 Å². The molecular weight excluding hydrogens is 318 g/mol. The van der Waals surface area contributed by atoms with Crippen LogP contribution in [0.4, 0.5) is 5.69 Å². The Balaban J connectivity index is 1.54. The van der Waals surface area contributed by atoms with E-state index in [1.54, 1.807) is 4.90 Å². The molecule has 0 radical (unpaired) electrons. The van der Waals surface area contributed by atoms with E-state index in [1.165, 1.54) is 5.56 Å². The summed E-state index contributed by atoms with van der Waals surface area (Å²) in [7, 11) is 0. The zero-order valence-corrected chi connectivity index (χ0v) is 14.6. The number of aryl methyl sites for hydroxylation is 1. The summed E-state index contributed by atoms with van der Waals surface area (Å²) in [6.07, 6.45) is 5.27. The molecule has 3 amide bonds. The molecule has 1 aromatic rings. The lowest BCUT2D eigenvalue weighted by atomic mass is 10.1. The minimum Gasteiger partial charge on any atom is -0.312 e. The molecule has 2 aliphatic rings. The topological polar surface area (TPSA) is 78.5 Å². The molecule has 0 aromatic heterocycles. The highest BCUT2D eigenvalue weighted by molar-refractivity contribution is 6.00. The molecule has 1 aliphatic heterocycles. The minimum atomic E-state index is -0.438. The summed E-state index contributed by atoms with van der Waals surface area (Å²) in [6.45, 7) is 2.51. The van der Waals surface area contributed by atoms with E-state index in [4.69, 9.17) is 0 Å². The first-order valence-electron chi connectivity index (χ1n) is 9.07. The van der Waals surface area contributed by atoms with E-state index in [1.807, 2.05) is 24.3 Å². The number of amides is 3. The SMILES string of the molecule is CCCCc1ccc(N2C[C@H](C(=O)NNC(=O)C3CC3)CC2=O)cc1. The van der Waals surface area contributed by atoms with Gasteiger partial charge in [-0.05, 0) is 43.4 Å². The van der Waals surface area contributed by atoms with Gasteiger partial charge in [0.2, 0.25) is 17.7 Å². The molecule has 2 N–H and O–H groups in total. The molecule has 3 rings (SSSR count). The van der Waals surface area contributed by atoms with Crippen LogP contribution in [0, 0.1) is 11.8 Å². The molecule has 1 saturated heterocycles. The van der Waals surface area contributed by atoms with E-state index in [0.29, 0.717) is 6.54 Å². The molecule has 1 aromatic carbocycles. The summed E-state index contributed by atoms with van der Waals surface area (Å²) >= 11 is 0. The molecule has 6 heteroatoms. The summed E-state index contributed by atoms with van der Waals surface area (Å²) in [5.41, 5.74) is 6.98. The first-order valence-corrected chi connectivity index (χ1v) is 9.07. The molecule has 2 fully saturated rings. The number of hydrogen-bond acceptors (Lipinski definition) is 3. The summed E-state index contributed by atoms with van der Waals surface area (Å²) < 4.78 is 0. The number of hydrazine groups is 1. The highest BCUT2D eigenvalue weighted by Gasteiger charge is 2.36. The number of carbonyl (C=O) groups excluding carboxylic acids is 3. The van der Waals surface area contributed by atoms with E-state index in [2.05, 4.69) is 17.8 Å². The van der Waals surface area contributed by atoms with Crippen molar-refractivity contribution in [1.82, 2.24) is 10.9 Å². The number of rotatable bonds is 6. The number of hydrogen-bond donors (Lipinski definition) is 2. The Hall–Kier alpha value is -2.37. The number of carbonyl (C=O) groups is 3. The van der Waals surface area contributed by atoms with Gasteiger partial charge in [0.1, 0.15) is 0 Å². The van der Waals surface area contributed by atoms with Crippen LogP contribution in [0.3, 0.4) is 0 Å². The molecule has 0 bridgehead atoms. The number of benzene rings is 1. The van der Waals surface area contributed by atoms with Crippen molar-refractivity contribution in [1.29, 1.82) is 0 Å². The molecule has 1 heterocycles. The molecule has 6 nitrogen and oxygen atoms in total. The lowest BCUT2D eigenvalue weighted by Crippen LogP contribution is -2.45. The van der Waals surface area contributed by atoms with Crippen molar-refractivity contribution >= 4 is 23.4 Å². The standard InChI is InChI=1S/C19H25N3O3/c1-2-3-4-13-5-9-16(10-6-13)22-12-15(11-17(22)23)19(25)21-20-18(24)14-7-8-14/h5-6,9-10,14-15H,2-4,7-8,11-12H2,1H3,(H,20,24)(H,21,25)/t15-/m1/s1. The smallest absolute Gasteiger partial charge is 0.243 e. The molecule has 25 heavy (non-hydrogen) atoms. The zero-order chi connectivity index (χ0) is 17.8. The second-order valence-electron chi connectivity index (χ2n) is 6.93. The van der Waals surface area contributed by atoms with E-state index >= 15 is 0 Å². The van der Waals surface area contributed by atoms with Gasteiger partial charge in [-0.1, -0.05) is 25.5 Å². The van der Waals surface area contributed by atoms with Crippen molar-refractivity contribution < 1.29 is 14.4 Å². The van der Waals surface area contributed by atoms with Crippen molar-refractivity contribution in [3.63, 3.8) is 0 Å². The first kappa shape index (κ1) is 17.5. The van der Waals surface area contributed by atoms with Crippen LogP contribution in [0.15, 0.2) is 24.3 Å². The van der Waals surface area contributed by atoms with Crippen LogP contribution >= 0.6 is 0 Å². The van der Waals surface area contributed by atoms with Gasteiger partial charge in [-0.3, -0.25) is 25.2 Å². The van der Waals surface area contributed by atoms with Crippen LogP contribution in [0.2, 0.25) is 0 Å². The highest BCUT2D eigenvalue weighted by Crippen LogP contribution is 2.28. The number of unbranched alkanes of at least 4 members (excludes halogenated alkanes) is 1. The summed E-state index contributed by atoms with van der Waals surface area (Å²) in [5, 5.41) is 0. The molecular formula is C19H25N3O3. The minimum absolute atomic E-state index is 0.0354. The molecule has 0 spiro atoms. The van der Waals surface area contributed by atoms with Crippen molar-refractivity contribution in [2.45, 2.75) is 45.4 Å². The molecule has 1 aliphatic carbocycles. The van der Waals surface area contributed by atoms with Crippen LogP contribution in [0.25, 0.3) is 0 Å². The van der Waals surface area contributed by atoms with Crippen LogP contribution in [0.5, 0.6) is 0 Å². The predicted molar refractivity (Wildman–Crippen MR) is 94.5 cm³/mol. The molecule has 134 valence electrons. The molecule has 0 unspecified atom stereocenters. The quantitative estimate of drug-likeness (QED) is 0.775. The highest BCUT2D eigenvalue weighted by atomic mass is 16.2. The Kier molecular flexibility index (Phi) is 5.36. The maximum absolute atomic E-state index is 12.3. The zero-order valence-electron chi connectivity index (χ0n) is 14.6. The van der Waals surface area contributed by atoms with Gasteiger partial charge >= 0.3 is 0 Å². The third kappa shape index (κ3) is 4.38.